The summed E-state index contributed by atoms with van der Waals surface area (Å²) in [5.74, 6) is 1.66. The van der Waals surface area contributed by atoms with Gasteiger partial charge in [-0.1, -0.05) is 49.4 Å². The topological polar surface area (TPSA) is 9.72 Å². The van der Waals surface area contributed by atoms with Gasteiger partial charge in [-0.2, -0.15) is 0 Å². The fourth-order valence-electron chi connectivity index (χ4n) is 7.57. The van der Waals surface area contributed by atoms with E-state index in [-0.39, 0.29) is 0 Å². The van der Waals surface area contributed by atoms with Gasteiger partial charge in [-0.3, -0.25) is 4.90 Å². The van der Waals surface area contributed by atoms with Crippen LogP contribution in [0.5, 0.6) is 0 Å². The first-order chi connectivity index (χ1) is 15.3. The van der Waals surface area contributed by atoms with Crippen molar-refractivity contribution >= 4 is 5.69 Å². The number of aryl methyl sites for hydroxylation is 1. The Kier molecular flexibility index (Phi) is 5.07. The number of nitrogens with zero attached hydrogens (tertiary/aromatic N) is 3. The molecule has 164 valence electrons. The highest BCUT2D eigenvalue weighted by atomic mass is 15.3. The van der Waals surface area contributed by atoms with Crippen LogP contribution in [0.15, 0.2) is 54.6 Å². The van der Waals surface area contributed by atoms with Crippen molar-refractivity contribution in [1.82, 2.24) is 9.80 Å². The molecule has 2 aromatic rings. The third-order valence-corrected chi connectivity index (χ3v) is 9.12. The quantitative estimate of drug-likeness (QED) is 0.699. The summed E-state index contributed by atoms with van der Waals surface area (Å²) in [4.78, 5) is 8.40. The molecule has 4 aliphatic rings. The van der Waals surface area contributed by atoms with Crippen molar-refractivity contribution in [2.24, 2.45) is 11.8 Å². The zero-order valence-electron chi connectivity index (χ0n) is 19.0. The summed E-state index contributed by atoms with van der Waals surface area (Å²) in [7, 11) is 0. The third-order valence-electron chi connectivity index (χ3n) is 9.12. The molecule has 0 N–H and O–H groups in total. The van der Waals surface area contributed by atoms with Crippen molar-refractivity contribution in [2.75, 3.05) is 44.2 Å². The normalized spacial score (nSPS) is 30.5. The number of para-hydroxylation sites is 1. The molecule has 2 unspecified atom stereocenters. The van der Waals surface area contributed by atoms with Crippen molar-refractivity contribution in [3.05, 3.63) is 65.7 Å². The lowest BCUT2D eigenvalue weighted by atomic mass is 9.74. The van der Waals surface area contributed by atoms with Crippen LogP contribution in [0.3, 0.4) is 0 Å². The second-order valence-electron chi connectivity index (χ2n) is 10.4. The van der Waals surface area contributed by atoms with Gasteiger partial charge in [0.05, 0.1) is 0 Å². The number of benzene rings is 2. The molecule has 3 heterocycles. The number of hydrogen-bond donors (Lipinski definition) is 0. The van der Waals surface area contributed by atoms with E-state index in [1.807, 2.05) is 0 Å². The van der Waals surface area contributed by atoms with Crippen molar-refractivity contribution in [1.29, 1.82) is 0 Å². The largest absolute Gasteiger partial charge is 0.365 e. The first-order valence-electron chi connectivity index (χ1n) is 12.7. The molecule has 6 rings (SSSR count). The van der Waals surface area contributed by atoms with Gasteiger partial charge in [0.2, 0.25) is 0 Å². The number of anilines is 1. The Morgan fingerprint density at radius 1 is 0.903 bits per heavy atom. The molecule has 2 aromatic carbocycles. The van der Waals surface area contributed by atoms with E-state index in [9.17, 15) is 0 Å². The predicted octanol–water partition coefficient (Wildman–Crippen LogP) is 4.99. The lowest BCUT2D eigenvalue weighted by molar-refractivity contribution is 0.0851. The molecule has 1 spiro atoms. The van der Waals surface area contributed by atoms with Crippen LogP contribution in [0.1, 0.15) is 49.8 Å². The minimum absolute atomic E-state index is 0.348. The van der Waals surface area contributed by atoms with Crippen LogP contribution in [0.2, 0.25) is 0 Å². The first-order valence-corrected chi connectivity index (χ1v) is 12.7. The van der Waals surface area contributed by atoms with Gasteiger partial charge < -0.3 is 9.80 Å². The molecular formula is C28H37N3. The zero-order valence-corrected chi connectivity index (χ0v) is 19.0. The fourth-order valence-corrected chi connectivity index (χ4v) is 7.57. The van der Waals surface area contributed by atoms with Crippen LogP contribution in [0.25, 0.3) is 0 Å². The number of hydrogen-bond acceptors (Lipinski definition) is 3. The molecule has 0 amide bonds. The Bertz CT molecular complexity index is 901. The van der Waals surface area contributed by atoms with Gasteiger partial charge in [-0.05, 0) is 67.8 Å². The van der Waals surface area contributed by atoms with E-state index in [0.29, 0.717) is 11.6 Å². The van der Waals surface area contributed by atoms with Crippen molar-refractivity contribution in [3.63, 3.8) is 0 Å². The maximum atomic E-state index is 2.85. The highest BCUT2D eigenvalue weighted by Crippen LogP contribution is 2.51. The summed E-state index contributed by atoms with van der Waals surface area (Å²) in [5.41, 5.74) is 5.02. The molecule has 0 radical (unpaired) electrons. The Morgan fingerprint density at radius 3 is 2.48 bits per heavy atom. The molecule has 3 nitrogen and oxygen atoms in total. The first kappa shape index (κ1) is 19.8. The molecule has 31 heavy (non-hydrogen) atoms. The molecule has 3 fully saturated rings. The molecule has 3 aliphatic heterocycles. The summed E-state index contributed by atoms with van der Waals surface area (Å²) < 4.78 is 0. The van der Waals surface area contributed by atoms with E-state index in [1.54, 1.807) is 11.1 Å². The predicted molar refractivity (Wildman–Crippen MR) is 129 cm³/mol. The summed E-state index contributed by atoms with van der Waals surface area (Å²) in [6, 6.07) is 21.2. The summed E-state index contributed by atoms with van der Waals surface area (Å²) in [6.45, 7) is 9.89. The van der Waals surface area contributed by atoms with E-state index in [2.05, 4.69) is 76.2 Å². The van der Waals surface area contributed by atoms with Crippen LogP contribution in [-0.4, -0.2) is 54.6 Å². The molecule has 3 saturated heterocycles. The van der Waals surface area contributed by atoms with E-state index < -0.39 is 0 Å². The summed E-state index contributed by atoms with van der Waals surface area (Å²) in [6.07, 6.45) is 6.58. The number of rotatable bonds is 3. The van der Waals surface area contributed by atoms with Gasteiger partial charge in [0.25, 0.3) is 0 Å². The lowest BCUT2D eigenvalue weighted by Crippen LogP contribution is -2.57. The molecule has 0 aromatic heterocycles. The minimum atomic E-state index is 0.348. The van der Waals surface area contributed by atoms with Crippen LogP contribution < -0.4 is 4.90 Å². The van der Waals surface area contributed by atoms with Crippen molar-refractivity contribution in [2.45, 2.75) is 50.6 Å². The molecular weight excluding hydrogens is 378 g/mol. The fraction of sp³-hybridized carbons (Fsp3) is 0.571. The Hall–Kier alpha value is -1.84. The van der Waals surface area contributed by atoms with Crippen LogP contribution in [-0.2, 0) is 6.42 Å². The average Bonchev–Trinajstić information content (AvgIpc) is 3.38. The maximum Gasteiger partial charge on any atom is 0.0470 e. The lowest BCUT2D eigenvalue weighted by Gasteiger charge is -2.51. The second kappa shape index (κ2) is 7.94. The SMILES string of the molecule is CCN1CC2CN(c3ccccc3)C3(CCN([C@@H]4CCCc5ccccc54)CC3)C2C1. The summed E-state index contributed by atoms with van der Waals surface area (Å²) in [5, 5.41) is 0. The van der Waals surface area contributed by atoms with Gasteiger partial charge in [0, 0.05) is 55.9 Å². The van der Waals surface area contributed by atoms with Gasteiger partial charge in [-0.25, -0.2) is 0 Å². The second-order valence-corrected chi connectivity index (χ2v) is 10.4. The van der Waals surface area contributed by atoms with Gasteiger partial charge in [0.1, 0.15) is 0 Å². The molecule has 0 bridgehead atoms. The van der Waals surface area contributed by atoms with Crippen molar-refractivity contribution < 1.29 is 0 Å². The van der Waals surface area contributed by atoms with Crippen molar-refractivity contribution in [3.8, 4) is 0 Å². The smallest absolute Gasteiger partial charge is 0.0470 e. The molecule has 3 atom stereocenters. The highest BCUT2D eigenvalue weighted by Gasteiger charge is 2.57. The highest BCUT2D eigenvalue weighted by molar-refractivity contribution is 5.52. The van der Waals surface area contributed by atoms with E-state index >= 15 is 0 Å². The number of piperidine rings is 1. The molecule has 1 aliphatic carbocycles. The third kappa shape index (κ3) is 3.24. The van der Waals surface area contributed by atoms with Gasteiger partial charge in [0.15, 0.2) is 0 Å². The molecule has 3 heteroatoms. The maximum absolute atomic E-state index is 2.85. The Labute approximate surface area is 188 Å². The molecule has 0 saturated carbocycles. The van der Waals surface area contributed by atoms with E-state index in [0.717, 1.165) is 11.8 Å². The number of fused-ring (bicyclic) bond motifs is 3. The number of likely N-dealkylation sites (tertiary alicyclic amines) is 2. The summed E-state index contributed by atoms with van der Waals surface area (Å²) >= 11 is 0. The van der Waals surface area contributed by atoms with Crippen LogP contribution >= 0.6 is 0 Å². The van der Waals surface area contributed by atoms with Crippen LogP contribution in [0.4, 0.5) is 5.69 Å². The van der Waals surface area contributed by atoms with Crippen LogP contribution in [0, 0.1) is 11.8 Å². The van der Waals surface area contributed by atoms with E-state index in [4.69, 9.17) is 0 Å². The Morgan fingerprint density at radius 2 is 1.68 bits per heavy atom. The zero-order chi connectivity index (χ0) is 20.8. The standard InChI is InChI=1S/C28H37N3/c1-2-29-19-23-20-31(24-11-4-3-5-12-24)28(26(23)21-29)15-17-30(18-16-28)27-14-8-10-22-9-6-7-13-25(22)27/h3-7,9,11-13,23,26-27H,2,8,10,14-21H2,1H3/t23?,26?,27-/m1/s1. The van der Waals surface area contributed by atoms with Gasteiger partial charge in [-0.15, -0.1) is 0 Å². The average molecular weight is 416 g/mol. The minimum Gasteiger partial charge on any atom is -0.365 e. The Balaban J connectivity index is 1.27. The monoisotopic (exact) mass is 415 g/mol. The van der Waals surface area contributed by atoms with Gasteiger partial charge >= 0.3 is 0 Å². The van der Waals surface area contributed by atoms with E-state index in [1.165, 1.54) is 77.1 Å².